The second kappa shape index (κ2) is 7.12. The molecule has 0 fully saturated rings. The van der Waals surface area contributed by atoms with Crippen molar-refractivity contribution in [2.45, 2.75) is 12.6 Å². The zero-order valence-electron chi connectivity index (χ0n) is 12.1. The van der Waals surface area contributed by atoms with Gasteiger partial charge in [-0.25, -0.2) is 8.78 Å². The quantitative estimate of drug-likeness (QED) is 0.923. The summed E-state index contributed by atoms with van der Waals surface area (Å²) in [5, 5.41) is 18.8. The van der Waals surface area contributed by atoms with E-state index >= 15 is 0 Å². The Kier molecular flexibility index (Phi) is 5.21. The lowest BCUT2D eigenvalue weighted by Crippen LogP contribution is -2.25. The van der Waals surface area contributed by atoms with Crippen LogP contribution in [0.4, 0.5) is 8.78 Å². The van der Waals surface area contributed by atoms with E-state index in [0.29, 0.717) is 12.1 Å². The van der Waals surface area contributed by atoms with Crippen LogP contribution in [0.5, 0.6) is 0 Å². The number of halogens is 2. The third-order valence-corrected chi connectivity index (χ3v) is 3.35. The summed E-state index contributed by atoms with van der Waals surface area (Å²) < 4.78 is 27.2. The van der Waals surface area contributed by atoms with Crippen molar-refractivity contribution in [1.82, 2.24) is 4.90 Å². The SMILES string of the molecule is CN(Cc1ccc(C#N)cc1)CC(O)c1c(F)cccc1F. The molecule has 3 nitrogen and oxygen atoms in total. The number of rotatable bonds is 5. The summed E-state index contributed by atoms with van der Waals surface area (Å²) in [7, 11) is 1.75. The minimum Gasteiger partial charge on any atom is -0.387 e. The van der Waals surface area contributed by atoms with Crippen molar-refractivity contribution in [2.24, 2.45) is 0 Å². The Balaban J connectivity index is 2.02. The Bertz CT molecular complexity index is 660. The highest BCUT2D eigenvalue weighted by atomic mass is 19.1. The third kappa shape index (κ3) is 3.88. The molecule has 0 heterocycles. The number of aliphatic hydroxyl groups is 1. The number of hydrogen-bond acceptors (Lipinski definition) is 3. The second-order valence-electron chi connectivity index (χ2n) is 5.16. The van der Waals surface area contributed by atoms with E-state index in [9.17, 15) is 13.9 Å². The van der Waals surface area contributed by atoms with Gasteiger partial charge in [-0.05, 0) is 36.9 Å². The first kappa shape index (κ1) is 16.1. The second-order valence-corrected chi connectivity index (χ2v) is 5.16. The van der Waals surface area contributed by atoms with Crippen molar-refractivity contribution in [2.75, 3.05) is 13.6 Å². The molecule has 1 atom stereocenters. The van der Waals surface area contributed by atoms with Crippen LogP contribution in [0.25, 0.3) is 0 Å². The van der Waals surface area contributed by atoms with Crippen LogP contribution in [0, 0.1) is 23.0 Å². The van der Waals surface area contributed by atoms with Crippen molar-refractivity contribution in [3.8, 4) is 6.07 Å². The molecule has 0 aromatic heterocycles. The number of benzene rings is 2. The fraction of sp³-hybridized carbons (Fsp3) is 0.235. The summed E-state index contributed by atoms with van der Waals surface area (Å²) in [4.78, 5) is 1.76. The number of nitriles is 1. The fourth-order valence-electron chi connectivity index (χ4n) is 2.28. The summed E-state index contributed by atoms with van der Waals surface area (Å²) >= 11 is 0. The van der Waals surface area contributed by atoms with Crippen LogP contribution in [0.15, 0.2) is 42.5 Å². The largest absolute Gasteiger partial charge is 0.387 e. The first-order valence-electron chi connectivity index (χ1n) is 6.81. The molecular formula is C17H16F2N2O. The van der Waals surface area contributed by atoms with E-state index < -0.39 is 17.7 Å². The molecule has 1 unspecified atom stereocenters. The summed E-state index contributed by atoms with van der Waals surface area (Å²) in [5.74, 6) is -1.50. The Morgan fingerprint density at radius 1 is 1.14 bits per heavy atom. The molecule has 2 aromatic rings. The molecule has 2 rings (SSSR count). The van der Waals surface area contributed by atoms with E-state index in [0.717, 1.165) is 17.7 Å². The lowest BCUT2D eigenvalue weighted by Gasteiger charge is -2.21. The van der Waals surface area contributed by atoms with Crippen molar-refractivity contribution < 1.29 is 13.9 Å². The average Bonchev–Trinajstić information content (AvgIpc) is 2.47. The minimum atomic E-state index is -1.25. The first-order valence-corrected chi connectivity index (χ1v) is 6.81. The standard InChI is InChI=1S/C17H16F2N2O/c1-21(10-13-7-5-12(9-20)6-8-13)11-16(22)17-14(18)3-2-4-15(17)19/h2-8,16,22H,10-11H2,1H3. The molecular weight excluding hydrogens is 286 g/mol. The number of likely N-dealkylation sites (N-methyl/N-ethyl adjacent to an activating group) is 1. The lowest BCUT2D eigenvalue weighted by molar-refractivity contribution is 0.117. The van der Waals surface area contributed by atoms with E-state index in [1.807, 2.05) is 18.2 Å². The summed E-state index contributed by atoms with van der Waals surface area (Å²) in [5.41, 5.74) is 1.21. The van der Waals surface area contributed by atoms with Crippen molar-refractivity contribution in [3.05, 3.63) is 70.8 Å². The Morgan fingerprint density at radius 2 is 1.73 bits per heavy atom. The van der Waals surface area contributed by atoms with E-state index in [1.54, 1.807) is 24.1 Å². The molecule has 0 saturated carbocycles. The Hall–Kier alpha value is -2.29. The zero-order chi connectivity index (χ0) is 16.1. The number of nitrogens with zero attached hydrogens (tertiary/aromatic N) is 2. The topological polar surface area (TPSA) is 47.3 Å². The van der Waals surface area contributed by atoms with E-state index in [4.69, 9.17) is 5.26 Å². The molecule has 0 bridgehead atoms. The van der Waals surface area contributed by atoms with Crippen molar-refractivity contribution >= 4 is 0 Å². The van der Waals surface area contributed by atoms with E-state index in [-0.39, 0.29) is 12.1 Å². The van der Waals surface area contributed by atoms with Gasteiger partial charge in [0.25, 0.3) is 0 Å². The molecule has 5 heteroatoms. The van der Waals surface area contributed by atoms with Gasteiger partial charge in [0.05, 0.1) is 23.3 Å². The molecule has 0 aliphatic heterocycles. The Morgan fingerprint density at radius 3 is 2.27 bits per heavy atom. The third-order valence-electron chi connectivity index (χ3n) is 3.35. The zero-order valence-corrected chi connectivity index (χ0v) is 12.1. The first-order chi connectivity index (χ1) is 10.5. The molecule has 0 aliphatic carbocycles. The predicted octanol–water partition coefficient (Wildman–Crippen LogP) is 3.00. The number of aliphatic hydroxyl groups excluding tert-OH is 1. The van der Waals surface area contributed by atoms with Crippen LogP contribution < -0.4 is 0 Å². The summed E-state index contributed by atoms with van der Waals surface area (Å²) in [6.07, 6.45) is -1.25. The lowest BCUT2D eigenvalue weighted by atomic mass is 10.1. The molecule has 1 N–H and O–H groups in total. The van der Waals surface area contributed by atoms with Crippen LogP contribution in [0.1, 0.15) is 22.8 Å². The van der Waals surface area contributed by atoms with E-state index in [2.05, 4.69) is 0 Å². The van der Waals surface area contributed by atoms with E-state index in [1.165, 1.54) is 6.07 Å². The van der Waals surface area contributed by atoms with Gasteiger partial charge < -0.3 is 5.11 Å². The van der Waals surface area contributed by atoms with Gasteiger partial charge >= 0.3 is 0 Å². The normalized spacial score (nSPS) is 12.2. The molecule has 0 radical (unpaired) electrons. The van der Waals surface area contributed by atoms with Gasteiger partial charge in [0.1, 0.15) is 11.6 Å². The highest BCUT2D eigenvalue weighted by molar-refractivity contribution is 5.31. The van der Waals surface area contributed by atoms with Gasteiger partial charge in [0.2, 0.25) is 0 Å². The van der Waals surface area contributed by atoms with Crippen LogP contribution >= 0.6 is 0 Å². The van der Waals surface area contributed by atoms with Gasteiger partial charge in [-0.2, -0.15) is 5.26 Å². The smallest absolute Gasteiger partial charge is 0.131 e. The Labute approximate surface area is 128 Å². The molecule has 0 saturated heterocycles. The maximum atomic E-state index is 13.6. The van der Waals surface area contributed by atoms with Crippen LogP contribution in [-0.2, 0) is 6.54 Å². The van der Waals surface area contributed by atoms with Crippen LogP contribution in [0.2, 0.25) is 0 Å². The van der Waals surface area contributed by atoms with Crippen molar-refractivity contribution in [1.29, 1.82) is 5.26 Å². The van der Waals surface area contributed by atoms with Gasteiger partial charge in [0.15, 0.2) is 0 Å². The highest BCUT2D eigenvalue weighted by Crippen LogP contribution is 2.21. The molecule has 0 spiro atoms. The summed E-state index contributed by atoms with van der Waals surface area (Å²) in [6, 6.07) is 12.6. The highest BCUT2D eigenvalue weighted by Gasteiger charge is 2.19. The molecule has 22 heavy (non-hydrogen) atoms. The monoisotopic (exact) mass is 302 g/mol. The van der Waals surface area contributed by atoms with Gasteiger partial charge in [-0.1, -0.05) is 18.2 Å². The van der Waals surface area contributed by atoms with Gasteiger partial charge in [-0.3, -0.25) is 4.90 Å². The molecule has 0 amide bonds. The summed E-state index contributed by atoms with van der Waals surface area (Å²) in [6.45, 7) is 0.594. The van der Waals surface area contributed by atoms with Crippen molar-refractivity contribution in [3.63, 3.8) is 0 Å². The predicted molar refractivity (Wildman–Crippen MR) is 78.8 cm³/mol. The van der Waals surface area contributed by atoms with Crippen LogP contribution in [0.3, 0.4) is 0 Å². The minimum absolute atomic E-state index is 0.0951. The van der Waals surface area contributed by atoms with Crippen LogP contribution in [-0.4, -0.2) is 23.6 Å². The average molecular weight is 302 g/mol. The fourth-order valence-corrected chi connectivity index (χ4v) is 2.28. The molecule has 2 aromatic carbocycles. The van der Waals surface area contributed by atoms with Gasteiger partial charge in [-0.15, -0.1) is 0 Å². The molecule has 0 aliphatic rings. The maximum absolute atomic E-state index is 13.6. The van der Waals surface area contributed by atoms with Gasteiger partial charge in [0, 0.05) is 13.1 Å². The molecule has 114 valence electrons. The maximum Gasteiger partial charge on any atom is 0.131 e. The number of hydrogen-bond donors (Lipinski definition) is 1.